The van der Waals surface area contributed by atoms with E-state index >= 15 is 0 Å². The summed E-state index contributed by atoms with van der Waals surface area (Å²) in [6.45, 7) is 3.14. The van der Waals surface area contributed by atoms with Gasteiger partial charge in [-0.05, 0) is 19.9 Å². The third-order valence-corrected chi connectivity index (χ3v) is 3.54. The van der Waals surface area contributed by atoms with Crippen molar-refractivity contribution >= 4 is 5.97 Å². The van der Waals surface area contributed by atoms with Gasteiger partial charge in [0.25, 0.3) is 0 Å². The molecule has 0 radical (unpaired) electrons. The highest BCUT2D eigenvalue weighted by molar-refractivity contribution is 5.72. The van der Waals surface area contributed by atoms with Gasteiger partial charge in [-0.3, -0.25) is 4.79 Å². The number of ether oxygens (including phenoxy) is 1. The summed E-state index contributed by atoms with van der Waals surface area (Å²) in [6, 6.07) is 0. The number of likely N-dealkylation sites (N-methyl/N-ethyl adjacent to an activating group) is 1. The molecule has 1 saturated carbocycles. The second-order valence-corrected chi connectivity index (χ2v) is 5.41. The van der Waals surface area contributed by atoms with Crippen molar-refractivity contribution in [3.8, 4) is 0 Å². The van der Waals surface area contributed by atoms with Crippen molar-refractivity contribution in [2.75, 3.05) is 27.2 Å². The van der Waals surface area contributed by atoms with Crippen LogP contribution in [0.25, 0.3) is 0 Å². The maximum absolute atomic E-state index is 11.3. The molecule has 0 heterocycles. The zero-order valence-corrected chi connectivity index (χ0v) is 11.2. The van der Waals surface area contributed by atoms with Crippen LogP contribution >= 0.6 is 0 Å². The smallest absolute Gasteiger partial charge is 0.309 e. The largest absolute Gasteiger partial charge is 0.469 e. The van der Waals surface area contributed by atoms with Gasteiger partial charge in [-0.2, -0.15) is 0 Å². The van der Waals surface area contributed by atoms with E-state index in [-0.39, 0.29) is 11.9 Å². The number of nitrogens with zero attached hydrogens (tertiary/aromatic N) is 1. The van der Waals surface area contributed by atoms with Crippen molar-refractivity contribution in [2.24, 2.45) is 5.92 Å². The molecule has 1 rings (SSSR count). The molecule has 17 heavy (non-hydrogen) atoms. The lowest BCUT2D eigenvalue weighted by Crippen LogP contribution is -2.44. The molecular weight excluding hydrogens is 218 g/mol. The highest BCUT2D eigenvalue weighted by atomic mass is 16.5. The van der Waals surface area contributed by atoms with Crippen LogP contribution < -0.4 is 0 Å². The van der Waals surface area contributed by atoms with Gasteiger partial charge in [-0.25, -0.2) is 0 Å². The molecule has 1 fully saturated rings. The lowest BCUT2D eigenvalue weighted by atomic mass is 9.84. The minimum Gasteiger partial charge on any atom is -0.469 e. The fourth-order valence-corrected chi connectivity index (χ4v) is 2.68. The second-order valence-electron chi connectivity index (χ2n) is 5.41. The first-order valence-corrected chi connectivity index (χ1v) is 6.45. The van der Waals surface area contributed by atoms with Crippen LogP contribution in [0.5, 0.6) is 0 Å². The fraction of sp³-hybridized carbons (Fsp3) is 0.923. The topological polar surface area (TPSA) is 49.8 Å². The third kappa shape index (κ3) is 4.64. The number of hydrogen-bond acceptors (Lipinski definition) is 4. The van der Waals surface area contributed by atoms with E-state index in [0.717, 1.165) is 25.7 Å². The lowest BCUT2D eigenvalue weighted by molar-refractivity contribution is -0.145. The van der Waals surface area contributed by atoms with E-state index in [1.165, 1.54) is 13.5 Å². The number of methoxy groups -OCH3 is 1. The Kier molecular flexibility index (Phi) is 5.40. The van der Waals surface area contributed by atoms with Gasteiger partial charge in [0, 0.05) is 13.1 Å². The van der Waals surface area contributed by atoms with Gasteiger partial charge in [0.2, 0.25) is 0 Å². The normalized spacial score (nSPS) is 21.2. The fourth-order valence-electron chi connectivity index (χ4n) is 2.68. The molecule has 0 amide bonds. The quantitative estimate of drug-likeness (QED) is 0.742. The van der Waals surface area contributed by atoms with Crippen molar-refractivity contribution in [1.29, 1.82) is 0 Å². The average molecular weight is 243 g/mol. The van der Waals surface area contributed by atoms with Crippen LogP contribution in [0, 0.1) is 5.92 Å². The first-order valence-electron chi connectivity index (χ1n) is 6.45. The van der Waals surface area contributed by atoms with Crippen LogP contribution in [-0.2, 0) is 9.53 Å². The van der Waals surface area contributed by atoms with Crippen molar-refractivity contribution in [2.45, 2.75) is 44.6 Å². The Balaban J connectivity index is 2.37. The molecule has 1 aliphatic rings. The van der Waals surface area contributed by atoms with E-state index in [0.29, 0.717) is 13.1 Å². The van der Waals surface area contributed by atoms with Crippen LogP contribution in [0.15, 0.2) is 0 Å². The van der Waals surface area contributed by atoms with Gasteiger partial charge in [0.15, 0.2) is 0 Å². The van der Waals surface area contributed by atoms with Gasteiger partial charge in [-0.15, -0.1) is 0 Å². The van der Waals surface area contributed by atoms with Crippen molar-refractivity contribution < 1.29 is 14.6 Å². The molecule has 0 aromatic rings. The summed E-state index contributed by atoms with van der Waals surface area (Å²) in [5, 5.41) is 10.4. The Bertz CT molecular complexity index is 249. The standard InChI is InChI=1S/C13H25NO3/c1-11(12(15)17-3)9-14(2)10-13(16)7-5-4-6-8-13/h11,16H,4-10H2,1-3H3. The first-order chi connectivity index (χ1) is 7.97. The Morgan fingerprint density at radius 2 is 2.00 bits per heavy atom. The van der Waals surface area contributed by atoms with Gasteiger partial charge in [0.1, 0.15) is 0 Å². The lowest BCUT2D eigenvalue weighted by Gasteiger charge is -2.36. The zero-order valence-electron chi connectivity index (χ0n) is 11.2. The van der Waals surface area contributed by atoms with Crippen LogP contribution in [0.3, 0.4) is 0 Å². The summed E-state index contributed by atoms with van der Waals surface area (Å²) >= 11 is 0. The maximum Gasteiger partial charge on any atom is 0.309 e. The SMILES string of the molecule is COC(=O)C(C)CN(C)CC1(O)CCCCC1. The van der Waals surface area contributed by atoms with Gasteiger partial charge in [0.05, 0.1) is 18.6 Å². The molecule has 0 aliphatic heterocycles. The summed E-state index contributed by atoms with van der Waals surface area (Å²) < 4.78 is 4.70. The molecule has 1 atom stereocenters. The average Bonchev–Trinajstić information content (AvgIpc) is 2.27. The van der Waals surface area contributed by atoms with E-state index in [1.54, 1.807) is 0 Å². The van der Waals surface area contributed by atoms with Gasteiger partial charge in [-0.1, -0.05) is 26.2 Å². The summed E-state index contributed by atoms with van der Waals surface area (Å²) in [5.74, 6) is -0.329. The number of aliphatic hydroxyl groups is 1. The molecular formula is C13H25NO3. The Labute approximate surface area is 104 Å². The van der Waals surface area contributed by atoms with Gasteiger partial charge < -0.3 is 14.7 Å². The van der Waals surface area contributed by atoms with E-state index in [2.05, 4.69) is 0 Å². The minimum atomic E-state index is -0.553. The molecule has 100 valence electrons. The van der Waals surface area contributed by atoms with Crippen molar-refractivity contribution in [3.05, 3.63) is 0 Å². The third-order valence-electron chi connectivity index (χ3n) is 3.54. The van der Waals surface area contributed by atoms with Crippen molar-refractivity contribution in [1.82, 2.24) is 4.90 Å². The van der Waals surface area contributed by atoms with Crippen LogP contribution in [-0.4, -0.2) is 48.8 Å². The van der Waals surface area contributed by atoms with Crippen LogP contribution in [0.4, 0.5) is 0 Å². The monoisotopic (exact) mass is 243 g/mol. The highest BCUT2D eigenvalue weighted by Crippen LogP contribution is 2.28. The van der Waals surface area contributed by atoms with Gasteiger partial charge >= 0.3 is 5.97 Å². The number of hydrogen-bond donors (Lipinski definition) is 1. The second kappa shape index (κ2) is 6.36. The van der Waals surface area contributed by atoms with Crippen LogP contribution in [0.1, 0.15) is 39.0 Å². The van der Waals surface area contributed by atoms with E-state index in [1.807, 2.05) is 18.9 Å². The molecule has 1 unspecified atom stereocenters. The molecule has 0 saturated heterocycles. The zero-order chi connectivity index (χ0) is 12.9. The molecule has 0 aromatic carbocycles. The minimum absolute atomic E-state index is 0.141. The molecule has 1 aliphatic carbocycles. The van der Waals surface area contributed by atoms with E-state index in [9.17, 15) is 9.90 Å². The molecule has 4 heteroatoms. The summed E-state index contributed by atoms with van der Waals surface area (Å²) in [7, 11) is 3.36. The van der Waals surface area contributed by atoms with E-state index in [4.69, 9.17) is 4.74 Å². The predicted octanol–water partition coefficient (Wildman–Crippen LogP) is 1.42. The summed E-state index contributed by atoms with van der Waals surface area (Å²) in [6.07, 6.45) is 5.20. The highest BCUT2D eigenvalue weighted by Gasteiger charge is 2.31. The summed E-state index contributed by atoms with van der Waals surface area (Å²) in [5.41, 5.74) is -0.553. The van der Waals surface area contributed by atoms with Crippen LogP contribution in [0.2, 0.25) is 0 Å². The van der Waals surface area contributed by atoms with E-state index < -0.39 is 5.60 Å². The Morgan fingerprint density at radius 3 is 2.53 bits per heavy atom. The molecule has 1 N–H and O–H groups in total. The number of carbonyl (C=O) groups is 1. The first kappa shape index (κ1) is 14.5. The molecule has 0 spiro atoms. The Morgan fingerprint density at radius 1 is 1.41 bits per heavy atom. The molecule has 4 nitrogen and oxygen atoms in total. The maximum atomic E-state index is 11.3. The predicted molar refractivity (Wildman–Crippen MR) is 66.7 cm³/mol. The van der Waals surface area contributed by atoms with Crippen molar-refractivity contribution in [3.63, 3.8) is 0 Å². The number of esters is 1. The number of carbonyl (C=O) groups excluding carboxylic acids is 1. The summed E-state index contributed by atoms with van der Waals surface area (Å²) in [4.78, 5) is 13.3. The molecule has 0 bridgehead atoms. The molecule has 0 aromatic heterocycles. The number of rotatable bonds is 5. The Hall–Kier alpha value is -0.610.